The molecule has 138 valence electrons. The summed E-state index contributed by atoms with van der Waals surface area (Å²) in [7, 11) is 0. The van der Waals surface area contributed by atoms with Crippen LogP contribution in [0.15, 0.2) is 6.07 Å². The van der Waals surface area contributed by atoms with Gasteiger partial charge in [-0.05, 0) is 49.3 Å². The number of fused-ring (bicyclic) bond motifs is 1. The van der Waals surface area contributed by atoms with Crippen molar-refractivity contribution in [3.05, 3.63) is 22.9 Å². The smallest absolute Gasteiger partial charge is 0.231 e. The van der Waals surface area contributed by atoms with Crippen LogP contribution in [0.1, 0.15) is 56.9 Å². The minimum atomic E-state index is -0.372. The van der Waals surface area contributed by atoms with Gasteiger partial charge in [0.05, 0.1) is 6.61 Å². The molecular weight excluding hydrogens is 314 g/mol. The number of ether oxygens (including phenoxy) is 1. The average Bonchev–Trinajstić information content (AvgIpc) is 2.91. The van der Waals surface area contributed by atoms with Gasteiger partial charge in [0, 0.05) is 37.4 Å². The molecule has 5 heteroatoms. The van der Waals surface area contributed by atoms with Crippen LogP contribution < -0.4 is 5.32 Å². The second-order valence-corrected chi connectivity index (χ2v) is 7.88. The van der Waals surface area contributed by atoms with Gasteiger partial charge in [0.2, 0.25) is 5.91 Å². The normalized spacial score (nSPS) is 18.7. The van der Waals surface area contributed by atoms with Crippen molar-refractivity contribution in [3.63, 3.8) is 0 Å². The lowest BCUT2D eigenvalue weighted by Gasteiger charge is -2.23. The topological polar surface area (TPSA) is 54.5 Å². The lowest BCUT2D eigenvalue weighted by Crippen LogP contribution is -2.31. The van der Waals surface area contributed by atoms with Gasteiger partial charge < -0.3 is 10.1 Å². The third-order valence-corrected chi connectivity index (χ3v) is 5.59. The van der Waals surface area contributed by atoms with Gasteiger partial charge in [-0.1, -0.05) is 20.8 Å². The van der Waals surface area contributed by atoms with E-state index >= 15 is 0 Å². The first kappa shape index (κ1) is 18.3. The molecule has 1 aromatic rings. The third kappa shape index (κ3) is 4.39. The second kappa shape index (κ2) is 7.83. The van der Waals surface area contributed by atoms with E-state index < -0.39 is 0 Å². The molecule has 2 aliphatic rings. The monoisotopic (exact) mass is 345 g/mol. The predicted octanol–water partition coefficient (Wildman–Crippen LogP) is 3.17. The molecule has 1 N–H and O–H groups in total. The number of nitrogens with zero attached hydrogens (tertiary/aromatic N) is 2. The Morgan fingerprint density at radius 2 is 2.12 bits per heavy atom. The summed E-state index contributed by atoms with van der Waals surface area (Å²) in [5.41, 5.74) is 3.53. The van der Waals surface area contributed by atoms with E-state index in [0.29, 0.717) is 5.82 Å². The number of pyridine rings is 1. The molecule has 1 amide bonds. The van der Waals surface area contributed by atoms with Crippen LogP contribution in [0.25, 0.3) is 0 Å². The van der Waals surface area contributed by atoms with Crippen LogP contribution in [0, 0.1) is 5.41 Å². The summed E-state index contributed by atoms with van der Waals surface area (Å²) in [6.45, 7) is 10.6. The number of carbonyl (C=O) groups excluding carboxylic acids is 1. The van der Waals surface area contributed by atoms with Gasteiger partial charge in [0.1, 0.15) is 5.82 Å². The van der Waals surface area contributed by atoms with Crippen molar-refractivity contribution in [3.8, 4) is 0 Å². The molecule has 0 aromatic carbocycles. The summed E-state index contributed by atoms with van der Waals surface area (Å²) in [6.07, 6.45) is 5.19. The molecule has 0 radical (unpaired) electrons. The Bertz CT molecular complexity index is 620. The zero-order chi connectivity index (χ0) is 17.9. The van der Waals surface area contributed by atoms with E-state index in [0.717, 1.165) is 65.0 Å². The Labute approximate surface area is 151 Å². The summed E-state index contributed by atoms with van der Waals surface area (Å²) in [5.74, 6) is 0.766. The Kier molecular flexibility index (Phi) is 5.74. The number of rotatable bonds is 5. The highest BCUT2D eigenvalue weighted by atomic mass is 16.5. The summed E-state index contributed by atoms with van der Waals surface area (Å²) in [4.78, 5) is 19.7. The Balaban J connectivity index is 1.80. The SMILES string of the molecule is CCC(C)(C)C(=O)Nc1cc(CN2CCCOCC2)c2c(n1)CCC2. The molecule has 1 saturated heterocycles. The molecule has 0 unspecified atom stereocenters. The molecule has 1 fully saturated rings. The van der Waals surface area contributed by atoms with E-state index in [1.165, 1.54) is 16.8 Å². The maximum Gasteiger partial charge on any atom is 0.231 e. The molecule has 25 heavy (non-hydrogen) atoms. The van der Waals surface area contributed by atoms with Gasteiger partial charge in [-0.3, -0.25) is 9.69 Å². The number of hydrogen-bond donors (Lipinski definition) is 1. The molecule has 2 heterocycles. The minimum Gasteiger partial charge on any atom is -0.380 e. The molecule has 0 saturated carbocycles. The fourth-order valence-electron chi connectivity index (χ4n) is 3.47. The molecule has 0 atom stereocenters. The highest BCUT2D eigenvalue weighted by Crippen LogP contribution is 2.29. The molecule has 1 aromatic heterocycles. The van der Waals surface area contributed by atoms with Crippen LogP contribution in [0.3, 0.4) is 0 Å². The lowest BCUT2D eigenvalue weighted by atomic mass is 9.89. The van der Waals surface area contributed by atoms with Crippen molar-refractivity contribution >= 4 is 11.7 Å². The highest BCUT2D eigenvalue weighted by molar-refractivity contribution is 5.94. The van der Waals surface area contributed by atoms with Gasteiger partial charge in [0.25, 0.3) is 0 Å². The van der Waals surface area contributed by atoms with Gasteiger partial charge in [-0.2, -0.15) is 0 Å². The predicted molar refractivity (Wildman–Crippen MR) is 99.7 cm³/mol. The molecule has 1 aliphatic heterocycles. The Hall–Kier alpha value is -1.46. The zero-order valence-corrected chi connectivity index (χ0v) is 15.9. The quantitative estimate of drug-likeness (QED) is 0.890. The summed E-state index contributed by atoms with van der Waals surface area (Å²) < 4.78 is 5.57. The third-order valence-electron chi connectivity index (χ3n) is 5.59. The largest absolute Gasteiger partial charge is 0.380 e. The number of carbonyl (C=O) groups is 1. The Morgan fingerprint density at radius 3 is 2.92 bits per heavy atom. The van der Waals surface area contributed by atoms with Crippen LogP contribution in [-0.2, 0) is 28.9 Å². The van der Waals surface area contributed by atoms with Crippen LogP contribution in [0.4, 0.5) is 5.82 Å². The van der Waals surface area contributed by atoms with E-state index in [2.05, 4.69) is 16.3 Å². The fourth-order valence-corrected chi connectivity index (χ4v) is 3.47. The molecule has 3 rings (SSSR count). The number of aryl methyl sites for hydroxylation is 1. The number of amides is 1. The van der Waals surface area contributed by atoms with Gasteiger partial charge in [-0.25, -0.2) is 4.98 Å². The molecule has 0 spiro atoms. The van der Waals surface area contributed by atoms with Crippen LogP contribution in [0.2, 0.25) is 0 Å². The average molecular weight is 345 g/mol. The first-order valence-corrected chi connectivity index (χ1v) is 9.63. The first-order chi connectivity index (χ1) is 12.0. The van der Waals surface area contributed by atoms with Crippen molar-refractivity contribution < 1.29 is 9.53 Å². The molecule has 0 bridgehead atoms. The van der Waals surface area contributed by atoms with Crippen molar-refractivity contribution in [1.29, 1.82) is 0 Å². The van der Waals surface area contributed by atoms with E-state index in [1.807, 2.05) is 20.8 Å². The zero-order valence-electron chi connectivity index (χ0n) is 15.9. The number of hydrogen-bond acceptors (Lipinski definition) is 4. The molecule has 1 aliphatic carbocycles. The minimum absolute atomic E-state index is 0.0505. The fraction of sp³-hybridized carbons (Fsp3) is 0.700. The van der Waals surface area contributed by atoms with E-state index in [1.54, 1.807) is 0 Å². The van der Waals surface area contributed by atoms with E-state index in [-0.39, 0.29) is 11.3 Å². The van der Waals surface area contributed by atoms with Crippen molar-refractivity contribution in [1.82, 2.24) is 9.88 Å². The molecular formula is C20H31N3O2. The summed E-state index contributed by atoms with van der Waals surface area (Å²) in [5, 5.41) is 3.06. The molecule has 5 nitrogen and oxygen atoms in total. The van der Waals surface area contributed by atoms with E-state index in [9.17, 15) is 4.79 Å². The van der Waals surface area contributed by atoms with Crippen molar-refractivity contribution in [2.24, 2.45) is 5.41 Å². The van der Waals surface area contributed by atoms with E-state index in [4.69, 9.17) is 9.72 Å². The maximum absolute atomic E-state index is 12.5. The van der Waals surface area contributed by atoms with Gasteiger partial charge in [-0.15, -0.1) is 0 Å². The second-order valence-electron chi connectivity index (χ2n) is 7.88. The van der Waals surface area contributed by atoms with Crippen LogP contribution in [0.5, 0.6) is 0 Å². The van der Waals surface area contributed by atoms with Gasteiger partial charge >= 0.3 is 0 Å². The summed E-state index contributed by atoms with van der Waals surface area (Å²) >= 11 is 0. The van der Waals surface area contributed by atoms with Crippen molar-refractivity contribution in [2.75, 3.05) is 31.6 Å². The summed E-state index contributed by atoms with van der Waals surface area (Å²) in [6, 6.07) is 2.10. The number of nitrogens with one attached hydrogen (secondary N) is 1. The standard InChI is InChI=1S/C20H31N3O2/c1-4-20(2,3)19(24)22-18-13-15(16-7-5-8-17(16)21-18)14-23-9-6-11-25-12-10-23/h13H,4-12,14H2,1-3H3,(H,21,22,24). The van der Waals surface area contributed by atoms with Crippen LogP contribution >= 0.6 is 0 Å². The maximum atomic E-state index is 12.5. The number of aromatic nitrogens is 1. The highest BCUT2D eigenvalue weighted by Gasteiger charge is 2.27. The van der Waals surface area contributed by atoms with Crippen LogP contribution in [-0.4, -0.2) is 42.1 Å². The van der Waals surface area contributed by atoms with Crippen molar-refractivity contribution in [2.45, 2.75) is 59.4 Å². The van der Waals surface area contributed by atoms with Gasteiger partial charge in [0.15, 0.2) is 0 Å². The first-order valence-electron chi connectivity index (χ1n) is 9.63. The lowest BCUT2D eigenvalue weighted by molar-refractivity contribution is -0.124. The Morgan fingerprint density at radius 1 is 1.28 bits per heavy atom. The number of anilines is 1.